The molecule has 2 fully saturated rings. The highest BCUT2D eigenvalue weighted by atomic mass is 16.5. The van der Waals surface area contributed by atoms with E-state index >= 15 is 0 Å². The van der Waals surface area contributed by atoms with Crippen molar-refractivity contribution >= 4 is 0 Å². The Bertz CT molecular complexity index is 267. The molecule has 0 aromatic rings. The summed E-state index contributed by atoms with van der Waals surface area (Å²) in [5, 5.41) is 0. The molecule has 0 spiro atoms. The second-order valence-corrected chi connectivity index (χ2v) is 7.09. The summed E-state index contributed by atoms with van der Waals surface area (Å²) < 4.78 is 5.51. The van der Waals surface area contributed by atoms with Crippen molar-refractivity contribution in [3.63, 3.8) is 0 Å². The van der Waals surface area contributed by atoms with Gasteiger partial charge >= 0.3 is 0 Å². The maximum absolute atomic E-state index is 6.33. The molecular formula is C15H30N2O. The van der Waals surface area contributed by atoms with Crippen molar-refractivity contribution in [2.75, 3.05) is 26.7 Å². The Balaban J connectivity index is 1.87. The molecule has 2 rings (SSSR count). The van der Waals surface area contributed by atoms with E-state index in [0.717, 1.165) is 6.54 Å². The molecule has 0 radical (unpaired) electrons. The van der Waals surface area contributed by atoms with E-state index in [2.05, 4.69) is 18.7 Å². The van der Waals surface area contributed by atoms with Crippen molar-refractivity contribution in [3.8, 4) is 0 Å². The van der Waals surface area contributed by atoms with Gasteiger partial charge in [-0.25, -0.2) is 0 Å². The molecule has 0 bridgehead atoms. The fourth-order valence-electron chi connectivity index (χ4n) is 3.66. The minimum absolute atomic E-state index is 0.404. The standard InChI is InChI=1S/C15H30N2O/c1-15(2)7-6-14(16)12(9-15)10-17-8-4-5-13(11-17)18-3/h12-14H,4-11,16H2,1-3H3. The lowest BCUT2D eigenvalue weighted by Gasteiger charge is -2.42. The van der Waals surface area contributed by atoms with Crippen molar-refractivity contribution in [3.05, 3.63) is 0 Å². The molecule has 0 aromatic heterocycles. The van der Waals surface area contributed by atoms with E-state index in [4.69, 9.17) is 10.5 Å². The van der Waals surface area contributed by atoms with Crippen LogP contribution in [-0.2, 0) is 4.74 Å². The van der Waals surface area contributed by atoms with Crippen LogP contribution in [0.2, 0.25) is 0 Å². The first-order chi connectivity index (χ1) is 8.50. The van der Waals surface area contributed by atoms with Crippen LogP contribution in [0.15, 0.2) is 0 Å². The average molecular weight is 254 g/mol. The molecule has 1 aliphatic heterocycles. The number of hydrogen-bond acceptors (Lipinski definition) is 3. The van der Waals surface area contributed by atoms with Crippen LogP contribution in [0, 0.1) is 11.3 Å². The summed E-state index contributed by atoms with van der Waals surface area (Å²) in [5.74, 6) is 0.671. The second kappa shape index (κ2) is 5.89. The lowest BCUT2D eigenvalue weighted by Crippen LogP contribution is -2.48. The number of nitrogens with two attached hydrogens (primary N) is 1. The average Bonchev–Trinajstić information content (AvgIpc) is 2.34. The number of likely N-dealkylation sites (tertiary alicyclic amines) is 1. The molecule has 0 aromatic carbocycles. The van der Waals surface area contributed by atoms with Gasteiger partial charge in [-0.05, 0) is 50.0 Å². The van der Waals surface area contributed by atoms with E-state index in [1.807, 2.05) is 7.11 Å². The van der Waals surface area contributed by atoms with Crippen molar-refractivity contribution in [2.45, 2.75) is 58.1 Å². The zero-order valence-electron chi connectivity index (χ0n) is 12.3. The van der Waals surface area contributed by atoms with E-state index in [-0.39, 0.29) is 0 Å². The SMILES string of the molecule is COC1CCCN(CC2CC(C)(C)CCC2N)C1. The number of nitrogens with zero attached hydrogens (tertiary/aromatic N) is 1. The van der Waals surface area contributed by atoms with Gasteiger partial charge in [-0.3, -0.25) is 0 Å². The van der Waals surface area contributed by atoms with Gasteiger partial charge in [-0.1, -0.05) is 13.8 Å². The number of ether oxygens (including phenoxy) is 1. The molecule has 1 heterocycles. The van der Waals surface area contributed by atoms with Crippen LogP contribution in [0.5, 0.6) is 0 Å². The van der Waals surface area contributed by atoms with Gasteiger partial charge in [0.15, 0.2) is 0 Å². The van der Waals surface area contributed by atoms with Gasteiger partial charge in [0, 0.05) is 26.2 Å². The van der Waals surface area contributed by atoms with E-state index in [1.54, 1.807) is 0 Å². The van der Waals surface area contributed by atoms with Gasteiger partial charge in [0.2, 0.25) is 0 Å². The van der Waals surface area contributed by atoms with Crippen molar-refractivity contribution in [1.29, 1.82) is 0 Å². The van der Waals surface area contributed by atoms with Crippen LogP contribution in [0.4, 0.5) is 0 Å². The maximum atomic E-state index is 6.33. The van der Waals surface area contributed by atoms with Crippen LogP contribution < -0.4 is 5.73 Å². The normalized spacial score (nSPS) is 37.7. The first kappa shape index (κ1) is 14.3. The molecule has 2 aliphatic rings. The van der Waals surface area contributed by atoms with Crippen molar-refractivity contribution in [1.82, 2.24) is 4.90 Å². The Hall–Kier alpha value is -0.120. The molecule has 1 saturated heterocycles. The summed E-state index contributed by atoms with van der Waals surface area (Å²) in [7, 11) is 1.84. The van der Waals surface area contributed by atoms with Crippen LogP contribution >= 0.6 is 0 Å². The lowest BCUT2D eigenvalue weighted by molar-refractivity contribution is 0.0164. The summed E-state index contributed by atoms with van der Waals surface area (Å²) in [6, 6.07) is 0.404. The lowest BCUT2D eigenvalue weighted by atomic mass is 9.70. The monoisotopic (exact) mass is 254 g/mol. The number of hydrogen-bond donors (Lipinski definition) is 1. The van der Waals surface area contributed by atoms with Gasteiger partial charge in [0.1, 0.15) is 0 Å². The van der Waals surface area contributed by atoms with Gasteiger partial charge in [0.25, 0.3) is 0 Å². The zero-order chi connectivity index (χ0) is 13.2. The third kappa shape index (κ3) is 3.69. The van der Waals surface area contributed by atoms with Crippen LogP contribution in [0.3, 0.4) is 0 Å². The third-order valence-electron chi connectivity index (χ3n) is 4.86. The second-order valence-electron chi connectivity index (χ2n) is 7.09. The van der Waals surface area contributed by atoms with E-state index < -0.39 is 0 Å². The van der Waals surface area contributed by atoms with Gasteiger partial charge in [-0.2, -0.15) is 0 Å². The van der Waals surface area contributed by atoms with E-state index in [1.165, 1.54) is 45.2 Å². The molecule has 3 atom stereocenters. The predicted octanol–water partition coefficient (Wildman–Crippen LogP) is 2.25. The zero-order valence-corrected chi connectivity index (χ0v) is 12.3. The van der Waals surface area contributed by atoms with Gasteiger partial charge in [0.05, 0.1) is 6.10 Å². The summed E-state index contributed by atoms with van der Waals surface area (Å²) in [6.07, 6.45) is 6.68. The largest absolute Gasteiger partial charge is 0.380 e. The summed E-state index contributed by atoms with van der Waals surface area (Å²) in [6.45, 7) is 8.27. The summed E-state index contributed by atoms with van der Waals surface area (Å²) >= 11 is 0. The fourth-order valence-corrected chi connectivity index (χ4v) is 3.66. The van der Waals surface area contributed by atoms with E-state index in [9.17, 15) is 0 Å². The first-order valence-corrected chi connectivity index (χ1v) is 7.51. The molecule has 3 heteroatoms. The molecule has 1 aliphatic carbocycles. The Morgan fingerprint density at radius 1 is 1.33 bits per heavy atom. The summed E-state index contributed by atoms with van der Waals surface area (Å²) in [4.78, 5) is 2.57. The molecule has 3 unspecified atom stereocenters. The Kier molecular flexibility index (Phi) is 4.68. The maximum Gasteiger partial charge on any atom is 0.0698 e. The molecule has 1 saturated carbocycles. The topological polar surface area (TPSA) is 38.5 Å². The Labute approximate surface area is 112 Å². The van der Waals surface area contributed by atoms with Gasteiger partial charge in [-0.15, -0.1) is 0 Å². The Morgan fingerprint density at radius 2 is 2.11 bits per heavy atom. The molecule has 2 N–H and O–H groups in total. The minimum Gasteiger partial charge on any atom is -0.380 e. The summed E-state index contributed by atoms with van der Waals surface area (Å²) in [5.41, 5.74) is 6.81. The third-order valence-corrected chi connectivity index (χ3v) is 4.86. The van der Waals surface area contributed by atoms with E-state index in [0.29, 0.717) is 23.5 Å². The highest BCUT2D eigenvalue weighted by molar-refractivity contribution is 4.89. The molecule has 106 valence electrons. The first-order valence-electron chi connectivity index (χ1n) is 7.51. The minimum atomic E-state index is 0.404. The van der Waals surface area contributed by atoms with Crippen LogP contribution in [-0.4, -0.2) is 43.8 Å². The van der Waals surface area contributed by atoms with Gasteiger partial charge < -0.3 is 15.4 Å². The highest BCUT2D eigenvalue weighted by Crippen LogP contribution is 2.38. The molecule has 18 heavy (non-hydrogen) atoms. The van der Waals surface area contributed by atoms with Crippen LogP contribution in [0.1, 0.15) is 46.0 Å². The number of methoxy groups -OCH3 is 1. The quantitative estimate of drug-likeness (QED) is 0.839. The molecule has 3 nitrogen and oxygen atoms in total. The Morgan fingerprint density at radius 3 is 2.83 bits per heavy atom. The van der Waals surface area contributed by atoms with Crippen molar-refractivity contribution in [2.24, 2.45) is 17.1 Å². The molecular weight excluding hydrogens is 224 g/mol. The smallest absolute Gasteiger partial charge is 0.0698 e. The number of piperidine rings is 1. The van der Waals surface area contributed by atoms with Crippen LogP contribution in [0.25, 0.3) is 0 Å². The highest BCUT2D eigenvalue weighted by Gasteiger charge is 2.34. The van der Waals surface area contributed by atoms with Crippen molar-refractivity contribution < 1.29 is 4.74 Å². The number of rotatable bonds is 3. The predicted molar refractivity (Wildman–Crippen MR) is 75.6 cm³/mol. The molecule has 0 amide bonds. The fraction of sp³-hybridized carbons (Fsp3) is 1.00.